The minimum absolute atomic E-state index is 0.0942. The molecule has 0 aromatic rings. The van der Waals surface area contributed by atoms with Crippen molar-refractivity contribution in [1.29, 1.82) is 0 Å². The molecule has 48 heavy (non-hydrogen) atoms. The van der Waals surface area contributed by atoms with Gasteiger partial charge in [-0.25, -0.2) is 0 Å². The summed E-state index contributed by atoms with van der Waals surface area (Å²) < 4.78 is 17.4. The number of hydrogen-bond acceptors (Lipinski definition) is 10. The SMILES string of the molecule is CC(=O)OC(CCC(O[C@@H]1O[C@H](CO)[C@@H](O)[C@H](O)[C@@H]1O)C(C)(O)CC/C=C(\C)CCC=C(C)C)C(C)(O)CC/C=C(\C)CCC=C(C)C. The maximum atomic E-state index is 12.1. The van der Waals surface area contributed by atoms with Gasteiger partial charge in [0, 0.05) is 6.92 Å². The highest BCUT2D eigenvalue weighted by Crippen LogP contribution is 2.33. The Morgan fingerprint density at radius 2 is 1.17 bits per heavy atom. The summed E-state index contributed by atoms with van der Waals surface area (Å²) in [6.07, 6.45) is 4.67. The molecule has 0 spiro atoms. The van der Waals surface area contributed by atoms with Gasteiger partial charge in [0.15, 0.2) is 6.29 Å². The molecule has 0 aromatic carbocycles. The molecule has 0 amide bonds. The molecule has 6 N–H and O–H groups in total. The third-order valence-electron chi connectivity index (χ3n) is 9.00. The lowest BCUT2D eigenvalue weighted by molar-refractivity contribution is -0.324. The van der Waals surface area contributed by atoms with Gasteiger partial charge >= 0.3 is 5.97 Å². The van der Waals surface area contributed by atoms with E-state index in [0.29, 0.717) is 19.3 Å². The van der Waals surface area contributed by atoms with Crippen LogP contribution in [0.15, 0.2) is 46.6 Å². The quantitative estimate of drug-likeness (QED) is 0.0688. The molecule has 0 aromatic heterocycles. The third-order valence-corrected chi connectivity index (χ3v) is 9.00. The summed E-state index contributed by atoms with van der Waals surface area (Å²) in [5.74, 6) is -0.555. The molecule has 9 atom stereocenters. The van der Waals surface area contributed by atoms with E-state index in [1.807, 2.05) is 6.92 Å². The minimum atomic E-state index is -1.66. The molecule has 0 radical (unpaired) electrons. The second-order valence-electron chi connectivity index (χ2n) is 14.5. The van der Waals surface area contributed by atoms with Crippen LogP contribution in [0.4, 0.5) is 0 Å². The molecule has 4 unspecified atom stereocenters. The van der Waals surface area contributed by atoms with Crippen LogP contribution >= 0.6 is 0 Å². The van der Waals surface area contributed by atoms with Gasteiger partial charge in [-0.1, -0.05) is 46.6 Å². The van der Waals surface area contributed by atoms with E-state index in [9.17, 15) is 35.4 Å². The van der Waals surface area contributed by atoms with Crippen LogP contribution in [0.3, 0.4) is 0 Å². The van der Waals surface area contributed by atoms with Crippen LogP contribution in [0.5, 0.6) is 0 Å². The Morgan fingerprint density at radius 1 is 0.708 bits per heavy atom. The fraction of sp³-hybridized carbons (Fsp3) is 0.763. The van der Waals surface area contributed by atoms with Crippen molar-refractivity contribution in [3.05, 3.63) is 46.6 Å². The van der Waals surface area contributed by atoms with E-state index in [4.69, 9.17) is 14.2 Å². The predicted molar refractivity (Wildman–Crippen MR) is 188 cm³/mol. The highest BCUT2D eigenvalue weighted by atomic mass is 16.7. The van der Waals surface area contributed by atoms with Gasteiger partial charge in [-0.05, 0) is 120 Å². The summed E-state index contributed by atoms with van der Waals surface area (Å²) in [6, 6.07) is 0. The van der Waals surface area contributed by atoms with Crippen LogP contribution in [0.25, 0.3) is 0 Å². The van der Waals surface area contributed by atoms with E-state index < -0.39 is 66.7 Å². The standard InChI is InChI=1S/C38H66O10/c1-25(2)14-10-16-27(5)18-12-22-37(8,44)31(46-29(7)40)20-21-32(48-36-35(43)34(42)33(41)30(24-39)47-36)38(9,45)23-13-19-28(6)17-11-15-26(3)4/h14-15,18-19,30-36,39,41-45H,10-13,16-17,20-24H2,1-9H3/b27-18+,28-19+/t30-,31?,32?,33-,34+,35+,36+,37?,38?/m1/s1. The lowest BCUT2D eigenvalue weighted by atomic mass is 9.85. The summed E-state index contributed by atoms with van der Waals surface area (Å²) >= 11 is 0. The second kappa shape index (κ2) is 21.4. The summed E-state index contributed by atoms with van der Waals surface area (Å²) in [7, 11) is 0. The number of carbonyl (C=O) groups excluding carboxylic acids is 1. The fourth-order valence-electron chi connectivity index (χ4n) is 5.79. The lowest BCUT2D eigenvalue weighted by Gasteiger charge is -2.43. The molecular weight excluding hydrogens is 616 g/mol. The Kier molecular flexibility index (Phi) is 19.6. The normalized spacial score (nSPS) is 25.8. The second-order valence-corrected chi connectivity index (χ2v) is 14.5. The average Bonchev–Trinajstić information content (AvgIpc) is 2.97. The Labute approximate surface area is 289 Å². The molecular formula is C38H66O10. The van der Waals surface area contributed by atoms with Crippen molar-refractivity contribution >= 4 is 5.97 Å². The summed E-state index contributed by atoms with van der Waals surface area (Å²) in [5.41, 5.74) is 2.04. The van der Waals surface area contributed by atoms with Crippen LogP contribution in [-0.2, 0) is 19.0 Å². The lowest BCUT2D eigenvalue weighted by Crippen LogP contribution is -2.60. The van der Waals surface area contributed by atoms with E-state index >= 15 is 0 Å². The fourth-order valence-corrected chi connectivity index (χ4v) is 5.79. The minimum Gasteiger partial charge on any atom is -0.460 e. The van der Waals surface area contributed by atoms with Crippen LogP contribution in [0, 0.1) is 0 Å². The van der Waals surface area contributed by atoms with Gasteiger partial charge in [-0.15, -0.1) is 0 Å². The average molecular weight is 683 g/mol. The maximum absolute atomic E-state index is 12.1. The van der Waals surface area contributed by atoms with Crippen LogP contribution in [0.2, 0.25) is 0 Å². The first-order valence-corrected chi connectivity index (χ1v) is 17.5. The van der Waals surface area contributed by atoms with Gasteiger partial charge in [0.1, 0.15) is 30.5 Å². The number of hydrogen-bond donors (Lipinski definition) is 6. The monoisotopic (exact) mass is 682 g/mol. The Bertz CT molecular complexity index is 1080. The largest absolute Gasteiger partial charge is 0.460 e. The van der Waals surface area contributed by atoms with Crippen molar-refractivity contribution in [1.82, 2.24) is 0 Å². The first kappa shape index (κ1) is 44.1. The Hall–Kier alpha value is -1.89. The van der Waals surface area contributed by atoms with Gasteiger partial charge in [-0.3, -0.25) is 4.79 Å². The molecule has 1 aliphatic rings. The van der Waals surface area contributed by atoms with E-state index in [1.165, 1.54) is 29.2 Å². The third kappa shape index (κ3) is 16.2. The zero-order valence-electron chi connectivity index (χ0n) is 30.9. The van der Waals surface area contributed by atoms with Crippen molar-refractivity contribution in [3.63, 3.8) is 0 Å². The molecule has 278 valence electrons. The first-order valence-electron chi connectivity index (χ1n) is 17.5. The van der Waals surface area contributed by atoms with Crippen LogP contribution < -0.4 is 0 Å². The Morgan fingerprint density at radius 3 is 1.60 bits per heavy atom. The molecule has 0 aliphatic carbocycles. The number of ether oxygens (including phenoxy) is 3. The number of esters is 1. The van der Waals surface area contributed by atoms with Crippen LogP contribution in [0.1, 0.15) is 127 Å². The molecule has 0 saturated carbocycles. The zero-order chi connectivity index (χ0) is 36.7. The molecule has 1 saturated heterocycles. The maximum Gasteiger partial charge on any atom is 0.303 e. The van der Waals surface area contributed by atoms with Crippen molar-refractivity contribution in [2.75, 3.05) is 6.61 Å². The summed E-state index contributed by atoms with van der Waals surface area (Å²) in [6.45, 7) is 16.2. The van der Waals surface area contributed by atoms with Gasteiger partial charge in [0.25, 0.3) is 0 Å². The van der Waals surface area contributed by atoms with Crippen molar-refractivity contribution in [2.45, 2.75) is 181 Å². The number of allylic oxidation sites excluding steroid dienone is 8. The molecule has 10 heteroatoms. The van der Waals surface area contributed by atoms with Crippen molar-refractivity contribution in [2.24, 2.45) is 0 Å². The number of aliphatic hydroxyl groups excluding tert-OH is 4. The van der Waals surface area contributed by atoms with Gasteiger partial charge < -0.3 is 44.8 Å². The topological polar surface area (TPSA) is 166 Å². The summed E-state index contributed by atoms with van der Waals surface area (Å²) in [4.78, 5) is 12.1. The smallest absolute Gasteiger partial charge is 0.303 e. The number of rotatable bonds is 21. The van der Waals surface area contributed by atoms with E-state index in [2.05, 4.69) is 58.9 Å². The Balaban J connectivity index is 3.19. The van der Waals surface area contributed by atoms with E-state index in [1.54, 1.807) is 13.8 Å². The molecule has 1 rings (SSSR count). The van der Waals surface area contributed by atoms with Gasteiger partial charge in [0.05, 0.1) is 23.9 Å². The highest BCUT2D eigenvalue weighted by molar-refractivity contribution is 5.66. The zero-order valence-corrected chi connectivity index (χ0v) is 30.9. The molecule has 10 nitrogen and oxygen atoms in total. The molecule has 1 aliphatic heterocycles. The van der Waals surface area contributed by atoms with Crippen molar-refractivity contribution in [3.8, 4) is 0 Å². The first-order chi connectivity index (χ1) is 22.3. The molecule has 1 fully saturated rings. The number of carbonyl (C=O) groups is 1. The van der Waals surface area contributed by atoms with Crippen molar-refractivity contribution < 1.29 is 49.6 Å². The van der Waals surface area contributed by atoms with Gasteiger partial charge in [0.2, 0.25) is 0 Å². The van der Waals surface area contributed by atoms with E-state index in [-0.39, 0.29) is 19.3 Å². The van der Waals surface area contributed by atoms with E-state index in [0.717, 1.165) is 25.7 Å². The highest BCUT2D eigenvalue weighted by Gasteiger charge is 2.47. The molecule has 0 bridgehead atoms. The van der Waals surface area contributed by atoms with Crippen LogP contribution in [-0.4, -0.2) is 97.3 Å². The number of aliphatic hydroxyl groups is 6. The summed E-state index contributed by atoms with van der Waals surface area (Å²) in [5, 5.41) is 64.3. The van der Waals surface area contributed by atoms with Gasteiger partial charge in [-0.2, -0.15) is 0 Å². The predicted octanol–water partition coefficient (Wildman–Crippen LogP) is 5.33. The molecule has 1 heterocycles.